The highest BCUT2D eigenvalue weighted by Crippen LogP contribution is 2.29. The fourth-order valence-electron chi connectivity index (χ4n) is 8.17. The highest BCUT2D eigenvalue weighted by Gasteiger charge is 2.36. The molecule has 254 valence electrons. The molecule has 2 aromatic carbocycles. The van der Waals surface area contributed by atoms with Crippen LogP contribution in [0.2, 0.25) is 0 Å². The summed E-state index contributed by atoms with van der Waals surface area (Å²) in [4.78, 5) is 60.7. The van der Waals surface area contributed by atoms with Crippen molar-refractivity contribution in [3.05, 3.63) is 59.8 Å². The van der Waals surface area contributed by atoms with E-state index in [1.54, 1.807) is 6.07 Å². The number of rotatable bonds is 7. The van der Waals surface area contributed by atoms with E-state index < -0.39 is 12.0 Å². The minimum atomic E-state index is -1.15. The van der Waals surface area contributed by atoms with Crippen LogP contribution in [0.4, 0.5) is 15.3 Å². The molecule has 1 unspecified atom stereocenters. The third kappa shape index (κ3) is 6.76. The SMILES string of the molecule is O=C(CC(Cc1ccc2c(cnn2C(=O)O)c1)C(=O)N1CCC(N2CCCCC2)CC1)N1CCC(N2Cc3ccccc3NC2=O)CC1. The van der Waals surface area contributed by atoms with Crippen molar-refractivity contribution in [1.29, 1.82) is 0 Å². The quantitative estimate of drug-likeness (QED) is 0.380. The minimum absolute atomic E-state index is 0.0142. The molecule has 5 heterocycles. The summed E-state index contributed by atoms with van der Waals surface area (Å²) in [6.07, 6.45) is 7.93. The maximum absolute atomic E-state index is 14.2. The molecule has 0 radical (unpaired) electrons. The van der Waals surface area contributed by atoms with Gasteiger partial charge in [-0.05, 0) is 87.4 Å². The van der Waals surface area contributed by atoms with E-state index in [0.717, 1.165) is 47.4 Å². The van der Waals surface area contributed by atoms with Gasteiger partial charge in [0.25, 0.3) is 0 Å². The largest absolute Gasteiger partial charge is 0.463 e. The molecule has 1 aromatic heterocycles. The number of fused-ring (bicyclic) bond motifs is 2. The number of nitrogens with zero attached hydrogens (tertiary/aromatic N) is 6. The van der Waals surface area contributed by atoms with E-state index >= 15 is 0 Å². The number of carbonyl (C=O) groups excluding carboxylic acids is 3. The monoisotopic (exact) mass is 655 g/mol. The molecule has 3 saturated heterocycles. The van der Waals surface area contributed by atoms with Gasteiger partial charge in [-0.15, -0.1) is 0 Å². The number of likely N-dealkylation sites (tertiary alicyclic amines) is 3. The molecular formula is C36H45N7O5. The van der Waals surface area contributed by atoms with Crippen molar-refractivity contribution in [2.45, 2.75) is 76.4 Å². The molecule has 4 aliphatic heterocycles. The zero-order valence-electron chi connectivity index (χ0n) is 27.4. The first kappa shape index (κ1) is 32.1. The van der Waals surface area contributed by atoms with E-state index in [4.69, 9.17) is 0 Å². The molecule has 48 heavy (non-hydrogen) atoms. The second-order valence-corrected chi connectivity index (χ2v) is 13.8. The number of hydrogen-bond acceptors (Lipinski definition) is 6. The van der Waals surface area contributed by atoms with E-state index in [2.05, 4.69) is 15.3 Å². The Bertz CT molecular complexity index is 1670. The van der Waals surface area contributed by atoms with Crippen molar-refractivity contribution in [2.24, 2.45) is 5.92 Å². The number of carbonyl (C=O) groups is 4. The summed E-state index contributed by atoms with van der Waals surface area (Å²) in [6.45, 7) is 5.31. The predicted molar refractivity (Wildman–Crippen MR) is 181 cm³/mol. The van der Waals surface area contributed by atoms with Gasteiger partial charge in [0, 0.05) is 62.3 Å². The number of anilines is 1. The van der Waals surface area contributed by atoms with Crippen molar-refractivity contribution in [2.75, 3.05) is 44.6 Å². The number of para-hydroxylation sites is 1. The Morgan fingerprint density at radius 3 is 2.33 bits per heavy atom. The van der Waals surface area contributed by atoms with E-state index in [0.29, 0.717) is 68.9 Å². The Hall–Kier alpha value is -4.45. The van der Waals surface area contributed by atoms with Gasteiger partial charge >= 0.3 is 12.1 Å². The van der Waals surface area contributed by atoms with E-state index in [1.807, 2.05) is 51.1 Å². The molecule has 0 aliphatic carbocycles. The Morgan fingerprint density at radius 1 is 0.875 bits per heavy atom. The number of aromatic nitrogens is 2. The highest BCUT2D eigenvalue weighted by atomic mass is 16.4. The first-order chi connectivity index (χ1) is 23.3. The number of benzene rings is 2. The second kappa shape index (κ2) is 14.0. The van der Waals surface area contributed by atoms with Gasteiger partial charge in [-0.25, -0.2) is 9.59 Å². The van der Waals surface area contributed by atoms with Gasteiger partial charge < -0.3 is 30.0 Å². The fourth-order valence-corrected chi connectivity index (χ4v) is 8.17. The van der Waals surface area contributed by atoms with Crippen LogP contribution in [0.3, 0.4) is 0 Å². The molecule has 3 aromatic rings. The van der Waals surface area contributed by atoms with Gasteiger partial charge in [0.15, 0.2) is 0 Å². The molecular weight excluding hydrogens is 610 g/mol. The number of nitrogens with one attached hydrogen (secondary N) is 1. The molecule has 7 rings (SSSR count). The average molecular weight is 656 g/mol. The Morgan fingerprint density at radius 2 is 1.58 bits per heavy atom. The summed E-state index contributed by atoms with van der Waals surface area (Å²) in [7, 11) is 0. The molecule has 4 aliphatic rings. The molecule has 12 nitrogen and oxygen atoms in total. The zero-order chi connectivity index (χ0) is 33.2. The van der Waals surface area contributed by atoms with Crippen LogP contribution in [0.25, 0.3) is 10.9 Å². The Labute approximate surface area is 280 Å². The van der Waals surface area contributed by atoms with Crippen LogP contribution in [0.15, 0.2) is 48.7 Å². The molecule has 2 N–H and O–H groups in total. The minimum Gasteiger partial charge on any atom is -0.463 e. The predicted octanol–water partition coefficient (Wildman–Crippen LogP) is 4.63. The summed E-state index contributed by atoms with van der Waals surface area (Å²) >= 11 is 0. The van der Waals surface area contributed by atoms with Gasteiger partial charge in [-0.1, -0.05) is 30.7 Å². The second-order valence-electron chi connectivity index (χ2n) is 13.8. The summed E-state index contributed by atoms with van der Waals surface area (Å²) in [5.74, 6) is -0.554. The van der Waals surface area contributed by atoms with Crippen molar-refractivity contribution >= 4 is 40.5 Å². The number of amides is 4. The third-order valence-corrected chi connectivity index (χ3v) is 10.9. The summed E-state index contributed by atoms with van der Waals surface area (Å²) in [5.41, 5.74) is 3.30. The van der Waals surface area contributed by atoms with Crippen LogP contribution in [-0.4, -0.2) is 110 Å². The zero-order valence-corrected chi connectivity index (χ0v) is 27.4. The van der Waals surface area contributed by atoms with Gasteiger partial charge in [0.2, 0.25) is 11.8 Å². The van der Waals surface area contributed by atoms with Crippen molar-refractivity contribution in [3.8, 4) is 0 Å². The molecule has 3 fully saturated rings. The van der Waals surface area contributed by atoms with E-state index in [-0.39, 0.29) is 30.3 Å². The van der Waals surface area contributed by atoms with E-state index in [1.165, 1.54) is 25.5 Å². The summed E-state index contributed by atoms with van der Waals surface area (Å²) < 4.78 is 0.938. The topological polar surface area (TPSA) is 131 Å². The van der Waals surface area contributed by atoms with Crippen LogP contribution in [0.1, 0.15) is 62.5 Å². The normalized spacial score (nSPS) is 20.4. The van der Waals surface area contributed by atoms with Gasteiger partial charge in [0.05, 0.1) is 17.6 Å². The van der Waals surface area contributed by atoms with Crippen LogP contribution >= 0.6 is 0 Å². The first-order valence-electron chi connectivity index (χ1n) is 17.5. The van der Waals surface area contributed by atoms with Crippen molar-refractivity contribution < 1.29 is 24.3 Å². The molecule has 0 spiro atoms. The maximum atomic E-state index is 14.2. The lowest BCUT2D eigenvalue weighted by molar-refractivity contribution is -0.143. The van der Waals surface area contributed by atoms with Gasteiger partial charge in [-0.3, -0.25) is 9.59 Å². The molecule has 0 saturated carbocycles. The average Bonchev–Trinajstić information content (AvgIpc) is 3.55. The van der Waals surface area contributed by atoms with Crippen molar-refractivity contribution in [3.63, 3.8) is 0 Å². The number of carboxylic acid groups (broad SMARTS) is 1. The van der Waals surface area contributed by atoms with Crippen LogP contribution in [-0.2, 0) is 22.6 Å². The molecule has 0 bridgehead atoms. The first-order valence-corrected chi connectivity index (χ1v) is 17.5. The summed E-state index contributed by atoms with van der Waals surface area (Å²) in [5, 5.41) is 17.1. The standard InChI is InChI=1S/C36H45N7O5/c44-33(40-16-12-30(13-17-40)42-24-26-6-2-3-7-31(26)38-35(42)46)22-27(20-25-8-9-32-28(21-25)23-37-43(32)36(47)48)34(45)41-18-10-29(11-19-41)39-14-4-1-5-15-39/h2-3,6-9,21,23,27,29-30H,1,4-5,10-20,22,24H2,(H,38,46)(H,47,48). The van der Waals surface area contributed by atoms with Crippen LogP contribution in [0, 0.1) is 5.92 Å². The smallest absolute Gasteiger partial charge is 0.432 e. The maximum Gasteiger partial charge on any atom is 0.432 e. The van der Waals surface area contributed by atoms with Crippen LogP contribution < -0.4 is 5.32 Å². The lowest BCUT2D eigenvalue weighted by Gasteiger charge is -2.41. The highest BCUT2D eigenvalue weighted by molar-refractivity contribution is 5.92. The van der Waals surface area contributed by atoms with Crippen molar-refractivity contribution in [1.82, 2.24) is 29.4 Å². The fraction of sp³-hybridized carbons (Fsp3) is 0.528. The van der Waals surface area contributed by atoms with E-state index in [9.17, 15) is 24.3 Å². The summed E-state index contributed by atoms with van der Waals surface area (Å²) in [6, 6.07) is 13.7. The van der Waals surface area contributed by atoms with Gasteiger partial charge in [0.1, 0.15) is 0 Å². The number of urea groups is 1. The number of hydrogen-bond donors (Lipinski definition) is 2. The lowest BCUT2D eigenvalue weighted by Crippen LogP contribution is -2.52. The Balaban J connectivity index is 1.02. The van der Waals surface area contributed by atoms with Crippen LogP contribution in [0.5, 0.6) is 0 Å². The Kier molecular flexibility index (Phi) is 9.34. The third-order valence-electron chi connectivity index (χ3n) is 10.9. The molecule has 1 atom stereocenters. The molecule has 12 heteroatoms. The lowest BCUT2D eigenvalue weighted by atomic mass is 9.91. The molecule has 4 amide bonds. The number of piperidine rings is 3. The van der Waals surface area contributed by atoms with Gasteiger partial charge in [-0.2, -0.15) is 9.78 Å².